The Balaban J connectivity index is 1.68. The van der Waals surface area contributed by atoms with Gasteiger partial charge < -0.3 is 28.9 Å². The van der Waals surface area contributed by atoms with Gasteiger partial charge in [-0.05, 0) is 38.9 Å². The molecule has 8 nitrogen and oxygen atoms in total. The van der Waals surface area contributed by atoms with Gasteiger partial charge in [-0.25, -0.2) is 0 Å². The Hall–Kier alpha value is -1.90. The molecule has 2 aliphatic heterocycles. The number of nitrogens with zero attached hydrogens (tertiary/aromatic N) is 4. The molecule has 3 heterocycles. The molecule has 0 aliphatic carbocycles. The van der Waals surface area contributed by atoms with E-state index < -0.39 is 0 Å². The second-order valence-electron chi connectivity index (χ2n) is 7.75. The smallest absolute Gasteiger partial charge is 0.259 e. The highest BCUT2D eigenvalue weighted by atomic mass is 16.5. The molecule has 0 N–H and O–H groups in total. The van der Waals surface area contributed by atoms with E-state index in [4.69, 9.17) is 14.2 Å². The van der Waals surface area contributed by atoms with Crippen LogP contribution in [0.1, 0.15) is 29.6 Å². The van der Waals surface area contributed by atoms with Crippen molar-refractivity contribution in [3.63, 3.8) is 0 Å². The zero-order valence-corrected chi connectivity index (χ0v) is 17.9. The molecule has 29 heavy (non-hydrogen) atoms. The maximum Gasteiger partial charge on any atom is 0.259 e. The van der Waals surface area contributed by atoms with E-state index in [1.165, 1.54) is 7.11 Å². The number of rotatable bonds is 8. The molecule has 2 fully saturated rings. The van der Waals surface area contributed by atoms with Gasteiger partial charge >= 0.3 is 0 Å². The minimum atomic E-state index is -0.0257. The van der Waals surface area contributed by atoms with E-state index in [-0.39, 0.29) is 11.9 Å². The molecule has 0 atom stereocenters. The SMILES string of the molecule is COc1ccc(C(=O)N(CCCN2CCN(C)CC2)C2CCOCC2)c(OC)n1. The molecule has 1 amide bonds. The fourth-order valence-corrected chi connectivity index (χ4v) is 3.99. The number of hydrogen-bond acceptors (Lipinski definition) is 7. The molecule has 162 valence electrons. The highest BCUT2D eigenvalue weighted by Gasteiger charge is 2.29. The summed E-state index contributed by atoms with van der Waals surface area (Å²) in [6.07, 6.45) is 2.69. The van der Waals surface area contributed by atoms with Crippen LogP contribution >= 0.6 is 0 Å². The highest BCUT2D eigenvalue weighted by Crippen LogP contribution is 2.24. The summed E-state index contributed by atoms with van der Waals surface area (Å²) in [5.41, 5.74) is 0.486. The van der Waals surface area contributed by atoms with Gasteiger partial charge in [-0.15, -0.1) is 0 Å². The van der Waals surface area contributed by atoms with Crippen molar-refractivity contribution in [2.24, 2.45) is 0 Å². The minimum absolute atomic E-state index is 0.0257. The van der Waals surface area contributed by atoms with Crippen molar-refractivity contribution < 1.29 is 19.0 Å². The highest BCUT2D eigenvalue weighted by molar-refractivity contribution is 5.96. The van der Waals surface area contributed by atoms with Crippen LogP contribution in [0.25, 0.3) is 0 Å². The number of hydrogen-bond donors (Lipinski definition) is 0. The van der Waals surface area contributed by atoms with Gasteiger partial charge in [0.25, 0.3) is 5.91 Å². The van der Waals surface area contributed by atoms with Gasteiger partial charge in [-0.2, -0.15) is 4.98 Å². The zero-order valence-electron chi connectivity index (χ0n) is 17.9. The second-order valence-corrected chi connectivity index (χ2v) is 7.75. The molecule has 1 aromatic rings. The van der Waals surface area contributed by atoms with Gasteiger partial charge in [0.1, 0.15) is 5.56 Å². The Kier molecular flexibility index (Phi) is 8.09. The molecule has 8 heteroatoms. The summed E-state index contributed by atoms with van der Waals surface area (Å²) in [5, 5.41) is 0. The number of pyridine rings is 1. The van der Waals surface area contributed by atoms with E-state index in [2.05, 4.69) is 21.8 Å². The van der Waals surface area contributed by atoms with Crippen molar-refractivity contribution in [3.8, 4) is 11.8 Å². The van der Waals surface area contributed by atoms with E-state index >= 15 is 0 Å². The van der Waals surface area contributed by atoms with Gasteiger partial charge in [-0.1, -0.05) is 0 Å². The summed E-state index contributed by atoms with van der Waals surface area (Å²) in [4.78, 5) is 24.6. The average molecular weight is 407 g/mol. The molecule has 0 unspecified atom stereocenters. The maximum absolute atomic E-state index is 13.5. The van der Waals surface area contributed by atoms with Gasteiger partial charge in [0, 0.05) is 58.0 Å². The molecule has 0 bridgehead atoms. The molecule has 3 rings (SSSR count). The van der Waals surface area contributed by atoms with Crippen LogP contribution < -0.4 is 9.47 Å². The molecule has 2 saturated heterocycles. The molecule has 2 aliphatic rings. The summed E-state index contributed by atoms with van der Waals surface area (Å²) in [7, 11) is 5.25. The Morgan fingerprint density at radius 3 is 2.55 bits per heavy atom. The third-order valence-electron chi connectivity index (χ3n) is 5.83. The standard InChI is InChI=1S/C21H34N4O4/c1-23-11-13-24(14-12-23)9-4-10-25(17-7-15-29-16-8-17)21(26)18-5-6-19(27-2)22-20(18)28-3/h5-6,17H,4,7-16H2,1-3H3. The van der Waals surface area contributed by atoms with Crippen LogP contribution in [0, 0.1) is 0 Å². The van der Waals surface area contributed by atoms with Crippen molar-refractivity contribution in [1.82, 2.24) is 19.7 Å². The van der Waals surface area contributed by atoms with Crippen molar-refractivity contribution >= 4 is 5.91 Å². The Morgan fingerprint density at radius 1 is 1.17 bits per heavy atom. The lowest BCUT2D eigenvalue weighted by Gasteiger charge is -2.36. The summed E-state index contributed by atoms with van der Waals surface area (Å²) < 4.78 is 16.1. The van der Waals surface area contributed by atoms with Crippen molar-refractivity contribution in [1.29, 1.82) is 0 Å². The van der Waals surface area contributed by atoms with Crippen LogP contribution in [0.3, 0.4) is 0 Å². The quantitative estimate of drug-likeness (QED) is 0.646. The van der Waals surface area contributed by atoms with Crippen molar-refractivity contribution in [2.75, 3.05) is 73.7 Å². The normalized spacial score (nSPS) is 19.1. The minimum Gasteiger partial charge on any atom is -0.481 e. The lowest BCUT2D eigenvalue weighted by Crippen LogP contribution is -2.47. The lowest BCUT2D eigenvalue weighted by molar-refractivity contribution is 0.0274. The first-order valence-corrected chi connectivity index (χ1v) is 10.5. The topological polar surface area (TPSA) is 67.4 Å². The first-order chi connectivity index (χ1) is 14.1. The Morgan fingerprint density at radius 2 is 1.90 bits per heavy atom. The summed E-state index contributed by atoms with van der Waals surface area (Å²) in [6, 6.07) is 3.65. The number of piperazine rings is 1. The van der Waals surface area contributed by atoms with Crippen molar-refractivity contribution in [3.05, 3.63) is 17.7 Å². The number of amides is 1. The van der Waals surface area contributed by atoms with Crippen LogP contribution in [0.4, 0.5) is 0 Å². The number of ether oxygens (including phenoxy) is 3. The second kappa shape index (κ2) is 10.8. The molecule has 0 spiro atoms. The van der Waals surface area contributed by atoms with E-state index in [0.29, 0.717) is 30.5 Å². The number of methoxy groups -OCH3 is 2. The Labute approximate surface area is 173 Å². The van der Waals surface area contributed by atoms with E-state index in [1.807, 2.05) is 4.90 Å². The molecule has 0 aromatic carbocycles. The van der Waals surface area contributed by atoms with E-state index in [9.17, 15) is 4.79 Å². The van der Waals surface area contributed by atoms with Gasteiger partial charge in [-0.3, -0.25) is 4.79 Å². The maximum atomic E-state index is 13.5. The van der Waals surface area contributed by atoms with E-state index in [1.54, 1.807) is 19.2 Å². The number of carbonyl (C=O) groups excluding carboxylic acids is 1. The molecule has 0 saturated carbocycles. The number of likely N-dealkylation sites (N-methyl/N-ethyl adjacent to an activating group) is 1. The van der Waals surface area contributed by atoms with Gasteiger partial charge in [0.15, 0.2) is 0 Å². The van der Waals surface area contributed by atoms with Crippen molar-refractivity contribution in [2.45, 2.75) is 25.3 Å². The van der Waals surface area contributed by atoms with Crippen LogP contribution in [-0.2, 0) is 4.74 Å². The van der Waals surface area contributed by atoms with Gasteiger partial charge in [0.05, 0.1) is 14.2 Å². The van der Waals surface area contributed by atoms with E-state index in [0.717, 1.165) is 58.5 Å². The summed E-state index contributed by atoms with van der Waals surface area (Å²) in [5.74, 6) is 0.721. The first kappa shape index (κ1) is 21.8. The van der Waals surface area contributed by atoms with Crippen LogP contribution in [-0.4, -0.2) is 105 Å². The third kappa shape index (κ3) is 5.81. The summed E-state index contributed by atoms with van der Waals surface area (Å²) >= 11 is 0. The molecular weight excluding hydrogens is 372 g/mol. The molecule has 1 aromatic heterocycles. The predicted molar refractivity (Wildman–Crippen MR) is 111 cm³/mol. The van der Waals surface area contributed by atoms with Crippen LogP contribution in [0.5, 0.6) is 11.8 Å². The fraction of sp³-hybridized carbons (Fsp3) is 0.714. The van der Waals surface area contributed by atoms with Crippen LogP contribution in [0.15, 0.2) is 12.1 Å². The van der Waals surface area contributed by atoms with Gasteiger partial charge in [0.2, 0.25) is 11.8 Å². The average Bonchev–Trinajstić information content (AvgIpc) is 2.77. The predicted octanol–water partition coefficient (Wildman–Crippen LogP) is 1.36. The lowest BCUT2D eigenvalue weighted by atomic mass is 10.0. The van der Waals surface area contributed by atoms with Crippen LogP contribution in [0.2, 0.25) is 0 Å². The zero-order chi connectivity index (χ0) is 20.6. The first-order valence-electron chi connectivity index (χ1n) is 10.5. The number of carbonyl (C=O) groups is 1. The monoisotopic (exact) mass is 406 g/mol. The fourth-order valence-electron chi connectivity index (χ4n) is 3.99. The molecular formula is C21H34N4O4. The third-order valence-corrected chi connectivity index (χ3v) is 5.83. The largest absolute Gasteiger partial charge is 0.481 e. The summed E-state index contributed by atoms with van der Waals surface area (Å²) in [6.45, 7) is 7.55. The Bertz CT molecular complexity index is 658. The number of aromatic nitrogens is 1. The molecule has 0 radical (unpaired) electrons.